The van der Waals surface area contributed by atoms with Crippen LogP contribution in [0.1, 0.15) is 31.0 Å². The molecule has 1 aliphatic heterocycles. The van der Waals surface area contributed by atoms with Gasteiger partial charge in [0.1, 0.15) is 0 Å². The van der Waals surface area contributed by atoms with E-state index >= 15 is 0 Å². The molecule has 17 heavy (non-hydrogen) atoms. The zero-order valence-electron chi connectivity index (χ0n) is 9.75. The standard InChI is InChI=1S/C10H18N4O2S/c11-5-2-1-3-9-7-14(13-12-9)10-4-6-17(15,16)8-10/h7,10H,1-6,8,11H2. The molecule has 0 radical (unpaired) electrons. The monoisotopic (exact) mass is 258 g/mol. The maximum Gasteiger partial charge on any atom is 0.152 e. The van der Waals surface area contributed by atoms with Crippen LogP contribution in [-0.4, -0.2) is 41.5 Å². The van der Waals surface area contributed by atoms with Crippen LogP contribution in [0.3, 0.4) is 0 Å². The molecule has 1 aliphatic rings. The normalized spacial score (nSPS) is 23.0. The van der Waals surface area contributed by atoms with E-state index < -0.39 is 9.84 Å². The highest BCUT2D eigenvalue weighted by Gasteiger charge is 2.29. The van der Waals surface area contributed by atoms with Crippen molar-refractivity contribution in [1.29, 1.82) is 0 Å². The van der Waals surface area contributed by atoms with Crippen LogP contribution in [0.4, 0.5) is 0 Å². The highest BCUT2D eigenvalue weighted by atomic mass is 32.2. The fourth-order valence-electron chi connectivity index (χ4n) is 2.04. The van der Waals surface area contributed by atoms with Crippen LogP contribution in [0.25, 0.3) is 0 Å². The van der Waals surface area contributed by atoms with Crippen LogP contribution in [-0.2, 0) is 16.3 Å². The predicted octanol–water partition coefficient (Wildman–Crippen LogP) is -0.0809. The van der Waals surface area contributed by atoms with Crippen molar-refractivity contribution in [3.63, 3.8) is 0 Å². The number of aryl methyl sites for hydroxylation is 1. The summed E-state index contributed by atoms with van der Waals surface area (Å²) in [4.78, 5) is 0. The third-order valence-electron chi connectivity index (χ3n) is 3.03. The molecule has 0 aromatic carbocycles. The molecule has 0 bridgehead atoms. The van der Waals surface area contributed by atoms with Gasteiger partial charge in [0.05, 0.1) is 23.2 Å². The summed E-state index contributed by atoms with van der Waals surface area (Å²) in [6.07, 6.45) is 5.34. The van der Waals surface area contributed by atoms with Crippen molar-refractivity contribution < 1.29 is 8.42 Å². The maximum absolute atomic E-state index is 11.4. The number of hydrogen-bond acceptors (Lipinski definition) is 5. The Balaban J connectivity index is 1.94. The van der Waals surface area contributed by atoms with Gasteiger partial charge in [0.15, 0.2) is 9.84 Å². The average Bonchev–Trinajstić information content (AvgIpc) is 2.85. The number of unbranched alkanes of at least 4 members (excludes halogenated alkanes) is 1. The molecule has 1 fully saturated rings. The van der Waals surface area contributed by atoms with Crippen LogP contribution >= 0.6 is 0 Å². The van der Waals surface area contributed by atoms with Gasteiger partial charge in [-0.05, 0) is 32.2 Å². The smallest absolute Gasteiger partial charge is 0.152 e. The van der Waals surface area contributed by atoms with Crippen molar-refractivity contribution in [3.05, 3.63) is 11.9 Å². The van der Waals surface area contributed by atoms with E-state index in [1.165, 1.54) is 0 Å². The van der Waals surface area contributed by atoms with Crippen molar-refractivity contribution in [3.8, 4) is 0 Å². The van der Waals surface area contributed by atoms with Crippen LogP contribution in [0.2, 0.25) is 0 Å². The first-order valence-corrected chi connectivity index (χ1v) is 7.74. The van der Waals surface area contributed by atoms with E-state index in [9.17, 15) is 8.42 Å². The molecule has 96 valence electrons. The van der Waals surface area contributed by atoms with Crippen LogP contribution in [0.15, 0.2) is 6.20 Å². The second kappa shape index (κ2) is 5.14. The first-order chi connectivity index (χ1) is 8.11. The Morgan fingerprint density at radius 1 is 1.47 bits per heavy atom. The van der Waals surface area contributed by atoms with E-state index in [1.54, 1.807) is 4.68 Å². The second-order valence-electron chi connectivity index (χ2n) is 4.49. The van der Waals surface area contributed by atoms with E-state index in [2.05, 4.69) is 10.3 Å². The summed E-state index contributed by atoms with van der Waals surface area (Å²) >= 11 is 0. The van der Waals surface area contributed by atoms with Gasteiger partial charge in [-0.15, -0.1) is 5.10 Å². The highest BCUT2D eigenvalue weighted by Crippen LogP contribution is 2.22. The zero-order chi connectivity index (χ0) is 12.3. The van der Waals surface area contributed by atoms with Gasteiger partial charge >= 0.3 is 0 Å². The fourth-order valence-corrected chi connectivity index (χ4v) is 3.74. The summed E-state index contributed by atoms with van der Waals surface area (Å²) in [5, 5.41) is 8.07. The maximum atomic E-state index is 11.4. The summed E-state index contributed by atoms with van der Waals surface area (Å²) in [6.45, 7) is 0.689. The summed E-state index contributed by atoms with van der Waals surface area (Å²) < 4.78 is 24.4. The Labute approximate surface area is 101 Å². The molecule has 1 atom stereocenters. The summed E-state index contributed by atoms with van der Waals surface area (Å²) in [7, 11) is -2.86. The highest BCUT2D eigenvalue weighted by molar-refractivity contribution is 7.91. The number of nitrogens with zero attached hydrogens (tertiary/aromatic N) is 3. The van der Waals surface area contributed by atoms with Crippen molar-refractivity contribution in [2.45, 2.75) is 31.7 Å². The number of rotatable bonds is 5. The van der Waals surface area contributed by atoms with E-state index in [0.29, 0.717) is 13.0 Å². The Hall–Kier alpha value is -0.950. The molecule has 2 heterocycles. The van der Waals surface area contributed by atoms with E-state index in [0.717, 1.165) is 25.0 Å². The van der Waals surface area contributed by atoms with Gasteiger partial charge in [-0.1, -0.05) is 5.21 Å². The van der Waals surface area contributed by atoms with Gasteiger partial charge in [-0.2, -0.15) is 0 Å². The molecule has 7 heteroatoms. The fraction of sp³-hybridized carbons (Fsp3) is 0.800. The molecule has 1 unspecified atom stereocenters. The minimum absolute atomic E-state index is 0.0317. The molecule has 0 aliphatic carbocycles. The third kappa shape index (κ3) is 3.26. The summed E-state index contributed by atoms with van der Waals surface area (Å²) in [5.74, 6) is 0.457. The molecule has 1 saturated heterocycles. The van der Waals surface area contributed by atoms with Gasteiger partial charge in [-0.3, -0.25) is 0 Å². The molecule has 6 nitrogen and oxygen atoms in total. The van der Waals surface area contributed by atoms with Gasteiger partial charge < -0.3 is 5.73 Å². The Kier molecular flexibility index (Phi) is 3.78. The Morgan fingerprint density at radius 3 is 2.94 bits per heavy atom. The van der Waals surface area contributed by atoms with Crippen LogP contribution < -0.4 is 5.73 Å². The van der Waals surface area contributed by atoms with Crippen molar-refractivity contribution >= 4 is 9.84 Å². The van der Waals surface area contributed by atoms with Crippen molar-refractivity contribution in [2.24, 2.45) is 5.73 Å². The molecular weight excluding hydrogens is 240 g/mol. The molecular formula is C10H18N4O2S. The SMILES string of the molecule is NCCCCc1cn(C2CCS(=O)(=O)C2)nn1. The number of nitrogens with two attached hydrogens (primary N) is 1. The summed E-state index contributed by atoms with van der Waals surface area (Å²) in [6, 6.07) is -0.0317. The largest absolute Gasteiger partial charge is 0.330 e. The van der Waals surface area contributed by atoms with Crippen molar-refractivity contribution in [2.75, 3.05) is 18.1 Å². The predicted molar refractivity (Wildman–Crippen MR) is 64.3 cm³/mol. The topological polar surface area (TPSA) is 90.9 Å². The lowest BCUT2D eigenvalue weighted by molar-refractivity contribution is 0.484. The lowest BCUT2D eigenvalue weighted by atomic mass is 10.2. The van der Waals surface area contributed by atoms with Gasteiger partial charge in [-0.25, -0.2) is 13.1 Å². The number of aromatic nitrogens is 3. The minimum Gasteiger partial charge on any atom is -0.330 e. The van der Waals surface area contributed by atoms with E-state index in [4.69, 9.17) is 5.73 Å². The van der Waals surface area contributed by atoms with Gasteiger partial charge in [0.2, 0.25) is 0 Å². The lowest BCUT2D eigenvalue weighted by Gasteiger charge is -2.05. The first-order valence-electron chi connectivity index (χ1n) is 5.92. The number of sulfone groups is 1. The van der Waals surface area contributed by atoms with Crippen LogP contribution in [0.5, 0.6) is 0 Å². The number of hydrogen-bond donors (Lipinski definition) is 1. The summed E-state index contributed by atoms with van der Waals surface area (Å²) in [5.41, 5.74) is 6.34. The third-order valence-corrected chi connectivity index (χ3v) is 4.78. The van der Waals surface area contributed by atoms with Crippen molar-refractivity contribution in [1.82, 2.24) is 15.0 Å². The van der Waals surface area contributed by atoms with Gasteiger partial charge in [0.25, 0.3) is 0 Å². The first kappa shape index (κ1) is 12.5. The average molecular weight is 258 g/mol. The molecule has 0 spiro atoms. The molecule has 1 aromatic heterocycles. The molecule has 0 saturated carbocycles. The van der Waals surface area contributed by atoms with E-state index in [1.807, 2.05) is 6.20 Å². The Morgan fingerprint density at radius 2 is 2.29 bits per heavy atom. The molecule has 2 N–H and O–H groups in total. The van der Waals surface area contributed by atoms with Gasteiger partial charge in [0, 0.05) is 6.20 Å². The molecule has 2 rings (SSSR count). The quantitative estimate of drug-likeness (QED) is 0.746. The minimum atomic E-state index is -2.86. The molecule has 1 aromatic rings. The zero-order valence-corrected chi connectivity index (χ0v) is 10.6. The lowest BCUT2D eigenvalue weighted by Crippen LogP contribution is -2.11. The van der Waals surface area contributed by atoms with Crippen LogP contribution in [0, 0.1) is 0 Å². The second-order valence-corrected chi connectivity index (χ2v) is 6.72. The van der Waals surface area contributed by atoms with E-state index in [-0.39, 0.29) is 17.5 Å². The Bertz CT molecular complexity index is 468. The molecule has 0 amide bonds.